The van der Waals surface area contributed by atoms with Crippen LogP contribution in [0.4, 0.5) is 0 Å². The van der Waals surface area contributed by atoms with Gasteiger partial charge < -0.3 is 20.1 Å². The zero-order valence-electron chi connectivity index (χ0n) is 18.2. The SMILES string of the molecule is CCNC(=NCC(C)COCc1ccccc1)NCC1CCCN1CCOC.I. The second-order valence-corrected chi connectivity index (χ2v) is 7.53. The van der Waals surface area contributed by atoms with E-state index in [9.17, 15) is 0 Å². The lowest BCUT2D eigenvalue weighted by molar-refractivity contribution is 0.0945. The highest BCUT2D eigenvalue weighted by Gasteiger charge is 2.23. The van der Waals surface area contributed by atoms with E-state index in [-0.39, 0.29) is 24.0 Å². The van der Waals surface area contributed by atoms with Crippen LogP contribution in [-0.4, -0.2) is 69.9 Å². The van der Waals surface area contributed by atoms with Crippen molar-refractivity contribution in [2.75, 3.05) is 53.0 Å². The van der Waals surface area contributed by atoms with Crippen molar-refractivity contribution in [2.45, 2.75) is 39.3 Å². The molecular weight excluding hydrogens is 479 g/mol. The van der Waals surface area contributed by atoms with Gasteiger partial charge in [-0.1, -0.05) is 37.3 Å². The summed E-state index contributed by atoms with van der Waals surface area (Å²) in [5.74, 6) is 1.28. The van der Waals surface area contributed by atoms with Crippen molar-refractivity contribution >= 4 is 29.9 Å². The number of likely N-dealkylation sites (tertiary alicyclic amines) is 1. The van der Waals surface area contributed by atoms with Gasteiger partial charge in [0.15, 0.2) is 5.96 Å². The van der Waals surface area contributed by atoms with Crippen molar-refractivity contribution in [3.63, 3.8) is 0 Å². The predicted octanol–water partition coefficient (Wildman–Crippen LogP) is 3.12. The highest BCUT2D eigenvalue weighted by atomic mass is 127. The number of hydrogen-bond acceptors (Lipinski definition) is 4. The minimum Gasteiger partial charge on any atom is -0.383 e. The van der Waals surface area contributed by atoms with E-state index in [1.807, 2.05) is 18.2 Å². The van der Waals surface area contributed by atoms with Crippen LogP contribution < -0.4 is 10.6 Å². The van der Waals surface area contributed by atoms with Gasteiger partial charge in [-0.25, -0.2) is 0 Å². The third-order valence-corrected chi connectivity index (χ3v) is 5.01. The molecule has 1 aliphatic rings. The molecule has 2 unspecified atom stereocenters. The number of aliphatic imine (C=N–C) groups is 1. The smallest absolute Gasteiger partial charge is 0.191 e. The van der Waals surface area contributed by atoms with Crippen LogP contribution in [0.2, 0.25) is 0 Å². The number of nitrogens with zero attached hydrogens (tertiary/aromatic N) is 2. The Kier molecular flexibility index (Phi) is 14.3. The minimum absolute atomic E-state index is 0. The van der Waals surface area contributed by atoms with Gasteiger partial charge in [-0.15, -0.1) is 24.0 Å². The van der Waals surface area contributed by atoms with Crippen LogP contribution in [0.25, 0.3) is 0 Å². The van der Waals surface area contributed by atoms with Crippen LogP contribution in [-0.2, 0) is 16.1 Å². The largest absolute Gasteiger partial charge is 0.383 e. The monoisotopic (exact) mass is 518 g/mol. The first-order valence-corrected chi connectivity index (χ1v) is 10.6. The van der Waals surface area contributed by atoms with E-state index >= 15 is 0 Å². The number of guanidine groups is 1. The molecule has 0 radical (unpaired) electrons. The number of nitrogens with one attached hydrogen (secondary N) is 2. The van der Waals surface area contributed by atoms with Gasteiger partial charge in [-0.3, -0.25) is 9.89 Å². The maximum atomic E-state index is 5.84. The van der Waals surface area contributed by atoms with Crippen molar-refractivity contribution in [1.29, 1.82) is 0 Å². The standard InChI is InChI=1S/C22H38N4O2.HI/c1-4-23-22(25-16-21-11-8-12-26(21)13-14-27-3)24-15-19(2)17-28-18-20-9-6-5-7-10-20;/h5-7,9-10,19,21H,4,8,11-18H2,1-3H3,(H2,23,24,25);1H. The van der Waals surface area contributed by atoms with Gasteiger partial charge in [0.2, 0.25) is 0 Å². The lowest BCUT2D eigenvalue weighted by atomic mass is 10.2. The Hall–Kier alpha value is -0.900. The summed E-state index contributed by atoms with van der Waals surface area (Å²) < 4.78 is 11.1. The Bertz CT molecular complexity index is 559. The van der Waals surface area contributed by atoms with Crippen LogP contribution in [0.1, 0.15) is 32.3 Å². The summed E-state index contributed by atoms with van der Waals surface area (Å²) in [6.07, 6.45) is 2.50. The Balaban J connectivity index is 0.00000420. The first-order chi connectivity index (χ1) is 13.7. The molecule has 2 atom stereocenters. The molecule has 1 aromatic rings. The molecule has 1 aromatic carbocycles. The number of rotatable bonds is 12. The molecule has 7 heteroatoms. The van der Waals surface area contributed by atoms with Gasteiger partial charge in [0, 0.05) is 39.3 Å². The third kappa shape index (κ3) is 10.6. The molecule has 0 aromatic heterocycles. The maximum Gasteiger partial charge on any atom is 0.191 e. The molecular formula is C22H39IN4O2. The first-order valence-electron chi connectivity index (χ1n) is 10.6. The fourth-order valence-electron chi connectivity index (χ4n) is 3.44. The average Bonchev–Trinajstić information content (AvgIpc) is 3.16. The third-order valence-electron chi connectivity index (χ3n) is 5.01. The molecule has 1 heterocycles. The number of halogens is 1. The van der Waals surface area contributed by atoms with Crippen LogP contribution in [0.15, 0.2) is 35.3 Å². The van der Waals surface area contributed by atoms with Crippen LogP contribution >= 0.6 is 24.0 Å². The van der Waals surface area contributed by atoms with Crippen molar-refractivity contribution in [2.24, 2.45) is 10.9 Å². The summed E-state index contributed by atoms with van der Waals surface area (Å²) in [7, 11) is 1.77. The van der Waals surface area contributed by atoms with E-state index in [2.05, 4.69) is 41.5 Å². The summed E-state index contributed by atoms with van der Waals surface area (Å²) in [6.45, 7) is 11.2. The summed E-state index contributed by atoms with van der Waals surface area (Å²) in [5, 5.41) is 6.88. The molecule has 1 aliphatic heterocycles. The van der Waals surface area contributed by atoms with Crippen molar-refractivity contribution in [3.8, 4) is 0 Å². The topological polar surface area (TPSA) is 58.1 Å². The number of methoxy groups -OCH3 is 1. The van der Waals surface area contributed by atoms with Gasteiger partial charge in [0.05, 0.1) is 19.8 Å². The molecule has 0 amide bonds. The normalized spacial score (nSPS) is 18.3. The Morgan fingerprint density at radius 3 is 2.79 bits per heavy atom. The zero-order valence-corrected chi connectivity index (χ0v) is 20.6. The average molecular weight is 518 g/mol. The Morgan fingerprint density at radius 1 is 1.28 bits per heavy atom. The summed E-state index contributed by atoms with van der Waals surface area (Å²) >= 11 is 0. The minimum atomic E-state index is 0. The summed E-state index contributed by atoms with van der Waals surface area (Å²) in [5.41, 5.74) is 1.21. The van der Waals surface area contributed by atoms with E-state index in [0.29, 0.717) is 25.2 Å². The molecule has 2 rings (SSSR count). The van der Waals surface area contributed by atoms with Crippen molar-refractivity contribution < 1.29 is 9.47 Å². The summed E-state index contributed by atoms with van der Waals surface area (Å²) in [6, 6.07) is 10.9. The van der Waals surface area contributed by atoms with E-state index in [0.717, 1.165) is 38.7 Å². The fourth-order valence-corrected chi connectivity index (χ4v) is 3.44. The Labute approximate surface area is 193 Å². The molecule has 1 saturated heterocycles. The van der Waals surface area contributed by atoms with Gasteiger partial charge in [-0.05, 0) is 37.8 Å². The van der Waals surface area contributed by atoms with E-state index < -0.39 is 0 Å². The fraction of sp³-hybridized carbons (Fsp3) is 0.682. The highest BCUT2D eigenvalue weighted by molar-refractivity contribution is 14.0. The molecule has 1 fully saturated rings. The molecule has 29 heavy (non-hydrogen) atoms. The molecule has 166 valence electrons. The molecule has 0 spiro atoms. The number of hydrogen-bond donors (Lipinski definition) is 2. The van der Waals surface area contributed by atoms with Crippen LogP contribution in [0, 0.1) is 5.92 Å². The van der Waals surface area contributed by atoms with Crippen molar-refractivity contribution in [1.82, 2.24) is 15.5 Å². The Morgan fingerprint density at radius 2 is 2.07 bits per heavy atom. The van der Waals surface area contributed by atoms with Crippen molar-refractivity contribution in [3.05, 3.63) is 35.9 Å². The molecule has 0 saturated carbocycles. The number of ether oxygens (including phenoxy) is 2. The van der Waals surface area contributed by atoms with E-state index in [1.54, 1.807) is 7.11 Å². The summed E-state index contributed by atoms with van der Waals surface area (Å²) in [4.78, 5) is 7.27. The predicted molar refractivity (Wildman–Crippen MR) is 131 cm³/mol. The van der Waals surface area contributed by atoms with E-state index in [1.165, 1.54) is 24.9 Å². The van der Waals surface area contributed by atoms with Gasteiger partial charge in [0.1, 0.15) is 0 Å². The zero-order chi connectivity index (χ0) is 20.0. The van der Waals surface area contributed by atoms with Gasteiger partial charge >= 0.3 is 0 Å². The molecule has 2 N–H and O–H groups in total. The number of benzene rings is 1. The quantitative estimate of drug-likeness (QED) is 0.253. The highest BCUT2D eigenvalue weighted by Crippen LogP contribution is 2.15. The molecule has 6 nitrogen and oxygen atoms in total. The molecule has 0 aliphatic carbocycles. The van der Waals surface area contributed by atoms with Crippen LogP contribution in [0.5, 0.6) is 0 Å². The second-order valence-electron chi connectivity index (χ2n) is 7.53. The first kappa shape index (κ1) is 26.1. The lowest BCUT2D eigenvalue weighted by Gasteiger charge is -2.25. The second kappa shape index (κ2) is 15.9. The van der Waals surface area contributed by atoms with Crippen LogP contribution in [0.3, 0.4) is 0 Å². The van der Waals surface area contributed by atoms with Gasteiger partial charge in [-0.2, -0.15) is 0 Å². The maximum absolute atomic E-state index is 5.84. The molecule has 0 bridgehead atoms. The van der Waals surface area contributed by atoms with Gasteiger partial charge in [0.25, 0.3) is 0 Å². The lowest BCUT2D eigenvalue weighted by Crippen LogP contribution is -2.45. The van der Waals surface area contributed by atoms with E-state index in [4.69, 9.17) is 14.5 Å².